The van der Waals surface area contributed by atoms with Crippen molar-refractivity contribution in [3.63, 3.8) is 0 Å². The van der Waals surface area contributed by atoms with E-state index in [0.29, 0.717) is 33.7 Å². The molecule has 0 N–H and O–H groups in total. The minimum absolute atomic E-state index is 0.197. The maximum absolute atomic E-state index is 13.0. The Hall–Kier alpha value is -3.18. The number of pyridine rings is 1. The summed E-state index contributed by atoms with van der Waals surface area (Å²) in [5, 5.41) is 0.887. The van der Waals surface area contributed by atoms with Crippen LogP contribution < -0.4 is 5.56 Å². The summed E-state index contributed by atoms with van der Waals surface area (Å²) in [5.74, 6) is -0.197. The van der Waals surface area contributed by atoms with Crippen molar-refractivity contribution in [3.8, 4) is 0 Å². The number of fused-ring (bicyclic) bond motifs is 2. The van der Waals surface area contributed by atoms with Gasteiger partial charge in [-0.2, -0.15) is 0 Å². The third kappa shape index (κ3) is 3.17. The number of nitrogens with zero attached hydrogens (tertiary/aromatic N) is 3. The van der Waals surface area contributed by atoms with Gasteiger partial charge in [-0.25, -0.2) is 4.98 Å². The summed E-state index contributed by atoms with van der Waals surface area (Å²) < 4.78 is 1.39. The summed E-state index contributed by atoms with van der Waals surface area (Å²) in [5.41, 5.74) is 2.00. The topological polar surface area (TPSA) is 54.7 Å². The second-order valence-corrected chi connectivity index (χ2v) is 6.78. The van der Waals surface area contributed by atoms with E-state index in [1.54, 1.807) is 48.5 Å². The van der Waals surface area contributed by atoms with Gasteiger partial charge < -0.3 is 4.90 Å². The Morgan fingerprint density at radius 3 is 2.67 bits per heavy atom. The molecule has 0 aliphatic heterocycles. The molecule has 27 heavy (non-hydrogen) atoms. The summed E-state index contributed by atoms with van der Waals surface area (Å²) >= 11 is 6.01. The molecule has 1 amide bonds. The van der Waals surface area contributed by atoms with Crippen LogP contribution in [0.4, 0.5) is 0 Å². The Morgan fingerprint density at radius 2 is 1.89 bits per heavy atom. The number of hydrogen-bond acceptors (Lipinski definition) is 3. The molecule has 0 aliphatic carbocycles. The SMILES string of the molecule is CN(Cc1ccccc1)C(=O)c1cccn2c(=O)c3cc(Cl)ccc3nc12. The molecule has 0 unspecified atom stereocenters. The highest BCUT2D eigenvalue weighted by molar-refractivity contribution is 6.31. The highest BCUT2D eigenvalue weighted by atomic mass is 35.5. The predicted octanol–water partition coefficient (Wildman–Crippen LogP) is 3.77. The van der Waals surface area contributed by atoms with Crippen LogP contribution in [-0.4, -0.2) is 27.2 Å². The molecule has 4 aromatic rings. The van der Waals surface area contributed by atoms with Crippen LogP contribution in [0, 0.1) is 0 Å². The lowest BCUT2D eigenvalue weighted by Gasteiger charge is -2.18. The van der Waals surface area contributed by atoms with Gasteiger partial charge >= 0.3 is 0 Å². The first kappa shape index (κ1) is 17.2. The predicted molar refractivity (Wildman–Crippen MR) is 106 cm³/mol. The van der Waals surface area contributed by atoms with Crippen LogP contribution in [0.1, 0.15) is 15.9 Å². The first-order valence-electron chi connectivity index (χ1n) is 8.44. The van der Waals surface area contributed by atoms with E-state index < -0.39 is 0 Å². The van der Waals surface area contributed by atoms with Crippen LogP contribution in [0.25, 0.3) is 16.6 Å². The number of rotatable bonds is 3. The third-order valence-electron chi connectivity index (χ3n) is 4.44. The molecule has 0 aliphatic rings. The smallest absolute Gasteiger partial charge is 0.265 e. The Kier molecular flexibility index (Phi) is 4.38. The summed E-state index contributed by atoms with van der Waals surface area (Å²) in [6, 6.07) is 18.1. The van der Waals surface area contributed by atoms with Gasteiger partial charge in [-0.15, -0.1) is 0 Å². The Balaban J connectivity index is 1.82. The van der Waals surface area contributed by atoms with Crippen molar-refractivity contribution in [1.82, 2.24) is 14.3 Å². The fourth-order valence-electron chi connectivity index (χ4n) is 3.10. The number of amides is 1. The van der Waals surface area contributed by atoms with Gasteiger partial charge in [0.05, 0.1) is 16.5 Å². The molecule has 5 nitrogen and oxygen atoms in total. The average Bonchev–Trinajstić information content (AvgIpc) is 2.68. The van der Waals surface area contributed by atoms with Gasteiger partial charge in [0, 0.05) is 24.8 Å². The summed E-state index contributed by atoms with van der Waals surface area (Å²) in [7, 11) is 1.73. The lowest BCUT2D eigenvalue weighted by atomic mass is 10.1. The van der Waals surface area contributed by atoms with E-state index in [4.69, 9.17) is 11.6 Å². The second kappa shape index (κ2) is 6.85. The highest BCUT2D eigenvalue weighted by Gasteiger charge is 2.18. The van der Waals surface area contributed by atoms with Crippen molar-refractivity contribution in [3.05, 3.63) is 93.4 Å². The molecule has 0 saturated carbocycles. The number of hydrogen-bond donors (Lipinski definition) is 0. The molecule has 0 fully saturated rings. The van der Waals surface area contributed by atoms with Crippen LogP contribution in [0.5, 0.6) is 0 Å². The van der Waals surface area contributed by atoms with Crippen LogP contribution in [-0.2, 0) is 6.54 Å². The molecule has 134 valence electrons. The van der Waals surface area contributed by atoms with E-state index in [-0.39, 0.29) is 11.5 Å². The molecule has 0 spiro atoms. The average molecular weight is 378 g/mol. The molecule has 0 atom stereocenters. The molecule has 4 rings (SSSR count). The summed E-state index contributed by atoms with van der Waals surface area (Å²) in [6.07, 6.45) is 1.61. The van der Waals surface area contributed by atoms with Gasteiger partial charge in [-0.05, 0) is 35.9 Å². The van der Waals surface area contributed by atoms with E-state index in [1.807, 2.05) is 30.3 Å². The maximum Gasteiger partial charge on any atom is 0.265 e. The zero-order valence-corrected chi connectivity index (χ0v) is 15.3. The quantitative estimate of drug-likeness (QED) is 0.511. The van der Waals surface area contributed by atoms with Gasteiger partial charge in [-0.1, -0.05) is 41.9 Å². The number of aromatic nitrogens is 2. The van der Waals surface area contributed by atoms with Gasteiger partial charge in [0.15, 0.2) is 5.65 Å². The largest absolute Gasteiger partial charge is 0.337 e. The molecule has 0 bridgehead atoms. The monoisotopic (exact) mass is 377 g/mol. The van der Waals surface area contributed by atoms with Crippen molar-refractivity contribution in [2.45, 2.75) is 6.54 Å². The minimum Gasteiger partial charge on any atom is -0.337 e. The van der Waals surface area contributed by atoms with Crippen molar-refractivity contribution in [2.24, 2.45) is 0 Å². The Morgan fingerprint density at radius 1 is 1.11 bits per heavy atom. The lowest BCUT2D eigenvalue weighted by Crippen LogP contribution is -2.28. The standard InChI is InChI=1S/C21H16ClN3O2/c1-24(13-14-6-3-2-4-7-14)20(26)16-8-5-11-25-19(16)23-18-10-9-15(22)12-17(18)21(25)27/h2-12H,13H2,1H3. The zero-order valence-electron chi connectivity index (χ0n) is 14.6. The molecule has 2 aromatic heterocycles. The molecule has 2 aromatic carbocycles. The first-order chi connectivity index (χ1) is 13.0. The molecular formula is C21H16ClN3O2. The lowest BCUT2D eigenvalue weighted by molar-refractivity contribution is 0.0786. The zero-order chi connectivity index (χ0) is 19.0. The van der Waals surface area contributed by atoms with E-state index in [2.05, 4.69) is 4.98 Å². The molecule has 2 heterocycles. The van der Waals surface area contributed by atoms with E-state index >= 15 is 0 Å². The summed E-state index contributed by atoms with van der Waals surface area (Å²) in [6.45, 7) is 0.466. The van der Waals surface area contributed by atoms with Crippen molar-refractivity contribution < 1.29 is 4.79 Å². The van der Waals surface area contributed by atoms with Crippen molar-refractivity contribution >= 4 is 34.1 Å². The first-order valence-corrected chi connectivity index (χ1v) is 8.82. The van der Waals surface area contributed by atoms with Gasteiger partial charge in [0.1, 0.15) is 0 Å². The minimum atomic E-state index is -0.252. The molecular weight excluding hydrogens is 362 g/mol. The third-order valence-corrected chi connectivity index (χ3v) is 4.68. The number of halogens is 1. The van der Waals surface area contributed by atoms with Crippen LogP contribution in [0.15, 0.2) is 71.7 Å². The molecule has 0 radical (unpaired) electrons. The fourth-order valence-corrected chi connectivity index (χ4v) is 3.27. The number of benzene rings is 2. The van der Waals surface area contributed by atoms with Gasteiger partial charge in [-0.3, -0.25) is 14.0 Å². The van der Waals surface area contributed by atoms with Gasteiger partial charge in [0.2, 0.25) is 0 Å². The maximum atomic E-state index is 13.0. The van der Waals surface area contributed by atoms with Crippen LogP contribution in [0.2, 0.25) is 5.02 Å². The van der Waals surface area contributed by atoms with Crippen molar-refractivity contribution in [1.29, 1.82) is 0 Å². The number of carbonyl (C=O) groups is 1. The Labute approximate surface area is 160 Å². The summed E-state index contributed by atoms with van der Waals surface area (Å²) in [4.78, 5) is 32.0. The Bertz CT molecular complexity index is 1220. The molecule has 6 heteroatoms. The van der Waals surface area contributed by atoms with Crippen LogP contribution >= 0.6 is 11.6 Å². The van der Waals surface area contributed by atoms with Crippen molar-refractivity contribution in [2.75, 3.05) is 7.05 Å². The highest BCUT2D eigenvalue weighted by Crippen LogP contribution is 2.18. The normalized spacial score (nSPS) is 11.0. The van der Waals surface area contributed by atoms with E-state index in [0.717, 1.165) is 5.56 Å². The molecule has 0 saturated heterocycles. The second-order valence-electron chi connectivity index (χ2n) is 6.34. The number of carbonyl (C=O) groups excluding carboxylic acids is 1. The van der Waals surface area contributed by atoms with E-state index in [1.165, 1.54) is 4.40 Å². The van der Waals surface area contributed by atoms with Crippen LogP contribution in [0.3, 0.4) is 0 Å². The fraction of sp³-hybridized carbons (Fsp3) is 0.0952. The van der Waals surface area contributed by atoms with Gasteiger partial charge in [0.25, 0.3) is 11.5 Å². The van der Waals surface area contributed by atoms with E-state index in [9.17, 15) is 9.59 Å².